The van der Waals surface area contributed by atoms with Crippen LogP contribution in [0.3, 0.4) is 0 Å². The van der Waals surface area contributed by atoms with Crippen molar-refractivity contribution in [2.45, 2.75) is 6.18 Å². The Morgan fingerprint density at radius 1 is 1.20 bits per heavy atom. The third-order valence-electron chi connectivity index (χ3n) is 1.41. The summed E-state index contributed by atoms with van der Waals surface area (Å²) in [5, 5.41) is 0. The van der Waals surface area contributed by atoms with Crippen molar-refractivity contribution in [3.05, 3.63) is 29.8 Å². The van der Waals surface area contributed by atoms with E-state index in [2.05, 4.69) is 0 Å². The van der Waals surface area contributed by atoms with Crippen LogP contribution in [0.15, 0.2) is 24.3 Å². The number of hydrogen-bond donors (Lipinski definition) is 2. The Balaban J connectivity index is 0.00000196. The second kappa shape index (κ2) is 5.74. The second-order valence-electron chi connectivity index (χ2n) is 2.45. The van der Waals surface area contributed by atoms with Gasteiger partial charge < -0.3 is 0 Å². The van der Waals surface area contributed by atoms with E-state index in [1.54, 1.807) is 0 Å². The first-order chi connectivity index (χ1) is 6.39. The van der Waals surface area contributed by atoms with Gasteiger partial charge in [0.25, 0.3) is 0 Å². The van der Waals surface area contributed by atoms with Crippen LogP contribution in [0.25, 0.3) is 0 Å². The van der Waals surface area contributed by atoms with Gasteiger partial charge in [-0.25, -0.2) is 8.42 Å². The summed E-state index contributed by atoms with van der Waals surface area (Å²) in [4.78, 5) is 0. The van der Waals surface area contributed by atoms with Crippen LogP contribution in [0, 0.1) is 0 Å². The van der Waals surface area contributed by atoms with Crippen LogP contribution in [0.5, 0.6) is 0 Å². The maximum Gasteiger partial charge on any atom is 0.416 e. The Bertz CT molecular complexity index is 397. The Labute approximate surface area is 108 Å². The molecule has 1 N–H and O–H groups in total. The van der Waals surface area contributed by atoms with E-state index in [1.165, 1.54) is 6.07 Å². The fourth-order valence-corrected chi connectivity index (χ4v) is 1.22. The number of alkyl halides is 3. The molecule has 0 unspecified atom stereocenters. The molecule has 0 bridgehead atoms. The summed E-state index contributed by atoms with van der Waals surface area (Å²) in [5.41, 5.74) is -0.990. The zero-order valence-electron chi connectivity index (χ0n) is 7.71. The Morgan fingerprint density at radius 2 is 1.80 bits per heavy atom. The van der Waals surface area contributed by atoms with Gasteiger partial charge in [-0.05, 0) is 18.2 Å². The molecule has 3 nitrogen and oxygen atoms in total. The molecule has 79 valence electrons. The summed E-state index contributed by atoms with van der Waals surface area (Å²) in [6.07, 6.45) is -4.47. The molecular formula is C7H6F3NNaO2S. The molecule has 1 rings (SSSR count). The third-order valence-corrected chi connectivity index (χ3v) is 1.85. The number of benzene rings is 1. The van der Waals surface area contributed by atoms with Gasteiger partial charge in [-0.15, -0.1) is 0 Å². The van der Waals surface area contributed by atoms with Crippen molar-refractivity contribution in [1.29, 1.82) is 0 Å². The first-order valence-corrected chi connectivity index (χ1v) is 4.65. The molecule has 0 amide bonds. The molecule has 8 heteroatoms. The maximum atomic E-state index is 12.1. The molecule has 1 radical (unpaired) electrons. The van der Waals surface area contributed by atoms with Crippen molar-refractivity contribution < 1.29 is 21.6 Å². The van der Waals surface area contributed by atoms with Crippen molar-refractivity contribution in [3.8, 4) is 0 Å². The molecular weight excluding hydrogens is 242 g/mol. The number of halogens is 3. The SMILES string of the molecule is O=[SH](=O)Nc1cccc(C(F)(F)F)c1.[Na]. The molecule has 1 aromatic rings. The monoisotopic (exact) mass is 248 g/mol. The predicted molar refractivity (Wildman–Crippen MR) is 51.1 cm³/mol. The van der Waals surface area contributed by atoms with Gasteiger partial charge in [0.05, 0.1) is 5.56 Å². The van der Waals surface area contributed by atoms with Gasteiger partial charge in [0, 0.05) is 35.2 Å². The molecule has 0 heterocycles. The summed E-state index contributed by atoms with van der Waals surface area (Å²) >= 11 is 0. The van der Waals surface area contributed by atoms with Crippen LogP contribution in [-0.2, 0) is 17.1 Å². The second-order valence-corrected chi connectivity index (χ2v) is 3.19. The van der Waals surface area contributed by atoms with Gasteiger partial charge in [-0.2, -0.15) is 13.2 Å². The van der Waals surface area contributed by atoms with Gasteiger partial charge in [-0.3, -0.25) is 4.72 Å². The van der Waals surface area contributed by atoms with Crippen LogP contribution in [0.2, 0.25) is 0 Å². The summed E-state index contributed by atoms with van der Waals surface area (Å²) in [7, 11) is -2.94. The van der Waals surface area contributed by atoms with E-state index >= 15 is 0 Å². The van der Waals surface area contributed by atoms with Gasteiger partial charge in [-0.1, -0.05) is 6.07 Å². The minimum absolute atomic E-state index is 0. The van der Waals surface area contributed by atoms with Crippen molar-refractivity contribution in [1.82, 2.24) is 0 Å². The number of rotatable bonds is 2. The zero-order chi connectivity index (χ0) is 10.8. The average molecular weight is 248 g/mol. The topological polar surface area (TPSA) is 46.2 Å². The van der Waals surface area contributed by atoms with E-state index in [-0.39, 0.29) is 35.2 Å². The van der Waals surface area contributed by atoms with Crippen molar-refractivity contribution in [3.63, 3.8) is 0 Å². The van der Waals surface area contributed by atoms with Gasteiger partial charge >= 0.3 is 6.18 Å². The molecule has 0 saturated heterocycles. The number of anilines is 1. The van der Waals surface area contributed by atoms with Crippen LogP contribution < -0.4 is 4.72 Å². The van der Waals surface area contributed by atoms with E-state index in [9.17, 15) is 21.6 Å². The smallest absolute Gasteiger partial charge is 0.286 e. The van der Waals surface area contributed by atoms with Gasteiger partial charge in [0.15, 0.2) is 0 Å². The van der Waals surface area contributed by atoms with Crippen LogP contribution in [0.1, 0.15) is 5.56 Å². The molecule has 0 aliphatic heterocycles. The standard InChI is InChI=1S/C7H6F3NO2S.Na/c8-7(9,10)5-2-1-3-6(4-5)11-14(12)13;/h1-4,14H,(H,11,12,13);. The third kappa shape index (κ3) is 4.87. The Kier molecular flexibility index (Phi) is 5.65. The molecule has 0 fully saturated rings. The van der Waals surface area contributed by atoms with Crippen LogP contribution >= 0.6 is 0 Å². The van der Waals surface area contributed by atoms with E-state index in [1.807, 2.05) is 4.72 Å². The van der Waals surface area contributed by atoms with Crippen molar-refractivity contribution >= 4 is 46.1 Å². The summed E-state index contributed by atoms with van der Waals surface area (Å²) in [6, 6.07) is 3.96. The number of hydrogen-bond acceptors (Lipinski definition) is 2. The first-order valence-electron chi connectivity index (χ1n) is 3.48. The summed E-state index contributed by atoms with van der Waals surface area (Å²) in [6.45, 7) is 0. The van der Waals surface area contributed by atoms with Crippen molar-refractivity contribution in [2.24, 2.45) is 0 Å². The fourth-order valence-electron chi connectivity index (χ4n) is 0.870. The average Bonchev–Trinajstić information content (AvgIpc) is 2.01. The summed E-state index contributed by atoms with van der Waals surface area (Å²) in [5.74, 6) is 0. The number of thiol groups is 1. The van der Waals surface area contributed by atoms with E-state index in [0.29, 0.717) is 0 Å². The van der Waals surface area contributed by atoms with Crippen LogP contribution in [0.4, 0.5) is 18.9 Å². The van der Waals surface area contributed by atoms with Gasteiger partial charge in [0.2, 0.25) is 10.9 Å². The largest absolute Gasteiger partial charge is 0.416 e. The van der Waals surface area contributed by atoms with Crippen molar-refractivity contribution in [2.75, 3.05) is 4.72 Å². The fraction of sp³-hybridized carbons (Fsp3) is 0.143. The summed E-state index contributed by atoms with van der Waals surface area (Å²) < 4.78 is 58.6. The normalized spacial score (nSPS) is 10.9. The van der Waals surface area contributed by atoms with Gasteiger partial charge in [0.1, 0.15) is 0 Å². The maximum absolute atomic E-state index is 12.1. The van der Waals surface area contributed by atoms with Crippen LogP contribution in [-0.4, -0.2) is 38.0 Å². The van der Waals surface area contributed by atoms with E-state index < -0.39 is 22.6 Å². The molecule has 15 heavy (non-hydrogen) atoms. The molecule has 1 aromatic carbocycles. The molecule has 0 aromatic heterocycles. The molecule has 0 atom stereocenters. The molecule has 0 saturated carbocycles. The Morgan fingerprint density at radius 3 is 2.27 bits per heavy atom. The quantitative estimate of drug-likeness (QED) is 0.611. The molecule has 0 aliphatic carbocycles. The zero-order valence-corrected chi connectivity index (χ0v) is 10.6. The molecule has 0 spiro atoms. The minimum Gasteiger partial charge on any atom is -0.286 e. The van der Waals surface area contributed by atoms with E-state index in [4.69, 9.17) is 0 Å². The Hall–Kier alpha value is -0.240. The predicted octanol–water partition coefficient (Wildman–Crippen LogP) is 1.26. The molecule has 0 aliphatic rings. The minimum atomic E-state index is -4.47. The number of nitrogens with one attached hydrogen (secondary N) is 1. The first kappa shape index (κ1) is 14.8. The van der Waals surface area contributed by atoms with E-state index in [0.717, 1.165) is 18.2 Å².